The van der Waals surface area contributed by atoms with E-state index in [0.717, 1.165) is 22.4 Å². The largest absolute Gasteiger partial charge is 0.497 e. The second-order valence-corrected chi connectivity index (χ2v) is 6.30. The summed E-state index contributed by atoms with van der Waals surface area (Å²) in [5.74, 6) is 0.935. The Morgan fingerprint density at radius 1 is 1.21 bits per heavy atom. The first-order chi connectivity index (χ1) is 11.5. The topological polar surface area (TPSA) is 64.7 Å². The smallest absolute Gasteiger partial charge is 0.154 e. The number of hydrogen-bond acceptors (Lipinski definition) is 4. The Morgan fingerprint density at radius 2 is 1.92 bits per heavy atom. The Labute approximate surface area is 147 Å². The lowest BCUT2D eigenvalue weighted by Gasteiger charge is -2.16. The number of carbonyl (C=O) groups excluding carboxylic acids is 1. The number of amidine groups is 1. The summed E-state index contributed by atoms with van der Waals surface area (Å²) in [6, 6.07) is 15.5. The maximum absolute atomic E-state index is 11.4. The number of thioether (sulfide) groups is 1. The minimum atomic E-state index is -0.213. The molecule has 5 heteroatoms. The van der Waals surface area contributed by atoms with Crippen LogP contribution in [0.5, 0.6) is 5.75 Å². The molecule has 1 unspecified atom stereocenters. The lowest BCUT2D eigenvalue weighted by Crippen LogP contribution is -2.10. The average molecular weight is 342 g/mol. The van der Waals surface area contributed by atoms with Crippen LogP contribution in [0.15, 0.2) is 53.5 Å². The molecule has 2 N–H and O–H groups in total. The van der Waals surface area contributed by atoms with Gasteiger partial charge in [0.25, 0.3) is 0 Å². The van der Waals surface area contributed by atoms with Gasteiger partial charge in [-0.25, -0.2) is 4.99 Å². The third-order valence-corrected chi connectivity index (χ3v) is 4.14. The summed E-state index contributed by atoms with van der Waals surface area (Å²) in [4.78, 5) is 16.0. The van der Waals surface area contributed by atoms with E-state index in [9.17, 15) is 4.79 Å². The van der Waals surface area contributed by atoms with Crippen molar-refractivity contribution in [3.63, 3.8) is 0 Å². The molecule has 0 heterocycles. The fraction of sp³-hybridized carbons (Fsp3) is 0.263. The van der Waals surface area contributed by atoms with Gasteiger partial charge in [-0.2, -0.15) is 0 Å². The highest BCUT2D eigenvalue weighted by Crippen LogP contribution is 2.29. The standard InChI is InChI=1S/C19H22N2O2S/c1-13(22)11-14-5-4-6-16(12-14)18(21-19(20)24-3)15-7-9-17(23-2)10-8-15/h4-10,12,18H,11H2,1-3H3,(H2,20,21). The van der Waals surface area contributed by atoms with Crippen LogP contribution in [0.25, 0.3) is 0 Å². The molecule has 0 radical (unpaired) electrons. The summed E-state index contributed by atoms with van der Waals surface area (Å²) < 4.78 is 5.22. The number of Topliss-reactive ketones (excluding diaryl/α,β-unsaturated/α-hetero) is 1. The van der Waals surface area contributed by atoms with Crippen LogP contribution in [0, 0.1) is 0 Å². The first-order valence-electron chi connectivity index (χ1n) is 7.63. The van der Waals surface area contributed by atoms with Crippen LogP contribution in [0.3, 0.4) is 0 Å². The third kappa shape index (κ3) is 4.86. The Hall–Kier alpha value is -2.27. The fourth-order valence-corrected chi connectivity index (χ4v) is 2.68. The molecule has 0 fully saturated rings. The molecule has 24 heavy (non-hydrogen) atoms. The Bertz CT molecular complexity index is 726. The first-order valence-corrected chi connectivity index (χ1v) is 8.85. The summed E-state index contributed by atoms with van der Waals surface area (Å²) in [6.07, 6.45) is 2.32. The predicted molar refractivity (Wildman–Crippen MR) is 101 cm³/mol. The zero-order valence-electron chi connectivity index (χ0n) is 14.2. The molecule has 126 valence electrons. The third-order valence-electron chi connectivity index (χ3n) is 3.62. The quantitative estimate of drug-likeness (QED) is 0.643. The molecule has 2 aromatic rings. The van der Waals surface area contributed by atoms with Gasteiger partial charge in [-0.15, -0.1) is 0 Å². The molecular formula is C19H22N2O2S. The molecular weight excluding hydrogens is 320 g/mol. The number of hydrogen-bond donors (Lipinski definition) is 1. The number of ether oxygens (including phenoxy) is 1. The van der Waals surface area contributed by atoms with Crippen molar-refractivity contribution in [3.05, 3.63) is 65.2 Å². The van der Waals surface area contributed by atoms with Crippen molar-refractivity contribution in [1.29, 1.82) is 0 Å². The molecule has 0 aliphatic carbocycles. The van der Waals surface area contributed by atoms with Gasteiger partial charge in [-0.3, -0.25) is 4.79 Å². The second kappa shape index (κ2) is 8.55. The molecule has 0 saturated carbocycles. The van der Waals surface area contributed by atoms with Gasteiger partial charge in [0.05, 0.1) is 7.11 Å². The number of nitrogens with two attached hydrogens (primary N) is 1. The number of rotatable bonds is 6. The van der Waals surface area contributed by atoms with E-state index in [4.69, 9.17) is 10.5 Å². The minimum absolute atomic E-state index is 0.139. The highest BCUT2D eigenvalue weighted by Gasteiger charge is 2.15. The number of nitrogens with zero attached hydrogens (tertiary/aromatic N) is 1. The summed E-state index contributed by atoms with van der Waals surface area (Å²) in [5, 5.41) is 0.521. The van der Waals surface area contributed by atoms with Gasteiger partial charge >= 0.3 is 0 Å². The van der Waals surface area contributed by atoms with Crippen LogP contribution in [-0.2, 0) is 11.2 Å². The highest BCUT2D eigenvalue weighted by atomic mass is 32.2. The molecule has 0 saturated heterocycles. The number of ketones is 1. The molecule has 1 atom stereocenters. The van der Waals surface area contributed by atoms with Gasteiger partial charge in [-0.05, 0) is 42.0 Å². The number of methoxy groups -OCH3 is 1. The van der Waals surface area contributed by atoms with Crippen molar-refractivity contribution in [2.45, 2.75) is 19.4 Å². The van der Waals surface area contributed by atoms with Gasteiger partial charge in [0.15, 0.2) is 5.17 Å². The van der Waals surface area contributed by atoms with Crippen molar-refractivity contribution in [2.24, 2.45) is 10.7 Å². The van der Waals surface area contributed by atoms with Crippen molar-refractivity contribution in [1.82, 2.24) is 0 Å². The summed E-state index contributed by atoms with van der Waals surface area (Å²) in [5.41, 5.74) is 8.97. The maximum Gasteiger partial charge on any atom is 0.154 e. The van der Waals surface area contributed by atoms with E-state index in [-0.39, 0.29) is 11.8 Å². The zero-order chi connectivity index (χ0) is 17.5. The van der Waals surface area contributed by atoms with Crippen molar-refractivity contribution in [2.75, 3.05) is 13.4 Å². The normalized spacial score (nSPS) is 12.7. The highest BCUT2D eigenvalue weighted by molar-refractivity contribution is 8.13. The maximum atomic E-state index is 11.4. The summed E-state index contributed by atoms with van der Waals surface area (Å²) >= 11 is 1.41. The molecule has 2 rings (SSSR count). The van der Waals surface area contributed by atoms with Crippen molar-refractivity contribution < 1.29 is 9.53 Å². The lowest BCUT2D eigenvalue weighted by atomic mass is 9.96. The van der Waals surface area contributed by atoms with E-state index >= 15 is 0 Å². The summed E-state index contributed by atoms with van der Waals surface area (Å²) in [6.45, 7) is 1.59. The van der Waals surface area contributed by atoms with Crippen LogP contribution in [0.1, 0.15) is 29.7 Å². The van der Waals surface area contributed by atoms with Crippen LogP contribution < -0.4 is 10.5 Å². The second-order valence-electron chi connectivity index (χ2n) is 5.47. The Morgan fingerprint density at radius 3 is 2.50 bits per heavy atom. The molecule has 4 nitrogen and oxygen atoms in total. The van der Waals surface area contributed by atoms with E-state index in [0.29, 0.717) is 11.6 Å². The molecule has 0 aliphatic rings. The van der Waals surface area contributed by atoms with Gasteiger partial charge in [0.2, 0.25) is 0 Å². The Balaban J connectivity index is 2.44. The zero-order valence-corrected chi connectivity index (χ0v) is 15.0. The molecule has 0 aliphatic heterocycles. The molecule has 0 amide bonds. The van der Waals surface area contributed by atoms with E-state index in [2.05, 4.69) is 4.99 Å². The monoisotopic (exact) mass is 342 g/mol. The number of benzene rings is 2. The summed E-state index contributed by atoms with van der Waals surface area (Å²) in [7, 11) is 1.64. The molecule has 2 aromatic carbocycles. The van der Waals surface area contributed by atoms with Crippen LogP contribution >= 0.6 is 11.8 Å². The minimum Gasteiger partial charge on any atom is -0.497 e. The Kier molecular flexibility index (Phi) is 6.44. The number of aliphatic imine (C=N–C) groups is 1. The SMILES string of the molecule is COc1ccc(C(N=C(N)SC)c2cccc(CC(C)=O)c2)cc1. The first kappa shape index (κ1) is 18.1. The predicted octanol–water partition coefficient (Wildman–Crippen LogP) is 3.59. The van der Waals surface area contributed by atoms with Gasteiger partial charge in [0.1, 0.15) is 17.6 Å². The van der Waals surface area contributed by atoms with Crippen LogP contribution in [0.2, 0.25) is 0 Å². The van der Waals surface area contributed by atoms with Crippen molar-refractivity contribution >= 4 is 22.7 Å². The molecule has 0 aromatic heterocycles. The van der Waals surface area contributed by atoms with Crippen molar-refractivity contribution in [3.8, 4) is 5.75 Å². The molecule has 0 bridgehead atoms. The van der Waals surface area contributed by atoms with Crippen LogP contribution in [0.4, 0.5) is 0 Å². The fourth-order valence-electron chi connectivity index (χ4n) is 2.47. The molecule has 0 spiro atoms. The lowest BCUT2D eigenvalue weighted by molar-refractivity contribution is -0.116. The van der Waals surface area contributed by atoms with Gasteiger partial charge < -0.3 is 10.5 Å². The van der Waals surface area contributed by atoms with E-state index in [1.54, 1.807) is 14.0 Å². The average Bonchev–Trinajstić information content (AvgIpc) is 2.59. The van der Waals surface area contributed by atoms with E-state index in [1.165, 1.54) is 11.8 Å². The van der Waals surface area contributed by atoms with Gasteiger partial charge in [0, 0.05) is 6.42 Å². The van der Waals surface area contributed by atoms with Crippen LogP contribution in [-0.4, -0.2) is 24.3 Å². The van der Waals surface area contributed by atoms with Gasteiger partial charge in [-0.1, -0.05) is 48.2 Å². The van der Waals surface area contributed by atoms with E-state index in [1.807, 2.05) is 54.8 Å². The van der Waals surface area contributed by atoms with E-state index < -0.39 is 0 Å². The number of carbonyl (C=O) groups is 1.